The summed E-state index contributed by atoms with van der Waals surface area (Å²) in [6.45, 7) is 3.76. The van der Waals surface area contributed by atoms with Crippen LogP contribution in [0.4, 0.5) is 0 Å². The van der Waals surface area contributed by atoms with E-state index in [1.807, 2.05) is 47.3 Å². The van der Waals surface area contributed by atoms with Crippen molar-refractivity contribution in [3.8, 4) is 11.1 Å². The molecule has 6 heteroatoms. The third kappa shape index (κ3) is 3.83. The SMILES string of the molecule is CN1CCn2ncc(CNC(=O)c3ccc(-c4cccc(CN)c4)cc3)c2C1. The van der Waals surface area contributed by atoms with Crippen molar-refractivity contribution in [2.45, 2.75) is 26.2 Å². The molecular weight excluding hydrogens is 350 g/mol. The Morgan fingerprint density at radius 1 is 1.14 bits per heavy atom. The van der Waals surface area contributed by atoms with Crippen LogP contribution in [-0.2, 0) is 26.2 Å². The Balaban J connectivity index is 1.42. The van der Waals surface area contributed by atoms with Crippen LogP contribution < -0.4 is 11.1 Å². The van der Waals surface area contributed by atoms with Crippen molar-refractivity contribution in [2.24, 2.45) is 5.73 Å². The number of benzene rings is 2. The fourth-order valence-corrected chi connectivity index (χ4v) is 3.54. The van der Waals surface area contributed by atoms with Gasteiger partial charge in [-0.2, -0.15) is 5.10 Å². The van der Waals surface area contributed by atoms with Gasteiger partial charge in [-0.15, -0.1) is 0 Å². The minimum Gasteiger partial charge on any atom is -0.348 e. The van der Waals surface area contributed by atoms with E-state index in [1.54, 1.807) is 0 Å². The zero-order valence-corrected chi connectivity index (χ0v) is 16.1. The molecule has 0 atom stereocenters. The van der Waals surface area contributed by atoms with Gasteiger partial charge in [-0.3, -0.25) is 14.4 Å². The maximum absolute atomic E-state index is 12.6. The van der Waals surface area contributed by atoms with E-state index in [9.17, 15) is 4.79 Å². The van der Waals surface area contributed by atoms with Gasteiger partial charge in [-0.05, 0) is 41.9 Å². The van der Waals surface area contributed by atoms with Gasteiger partial charge in [0.05, 0.1) is 18.4 Å². The van der Waals surface area contributed by atoms with Crippen molar-refractivity contribution < 1.29 is 4.79 Å². The molecule has 3 aromatic rings. The van der Waals surface area contributed by atoms with Crippen LogP contribution >= 0.6 is 0 Å². The van der Waals surface area contributed by atoms with E-state index in [2.05, 4.69) is 34.5 Å². The predicted molar refractivity (Wildman–Crippen MR) is 110 cm³/mol. The quantitative estimate of drug-likeness (QED) is 0.718. The van der Waals surface area contributed by atoms with E-state index >= 15 is 0 Å². The summed E-state index contributed by atoms with van der Waals surface area (Å²) in [5.74, 6) is -0.0774. The van der Waals surface area contributed by atoms with Gasteiger partial charge >= 0.3 is 0 Å². The van der Waals surface area contributed by atoms with Gasteiger partial charge in [0.2, 0.25) is 0 Å². The molecule has 1 aromatic heterocycles. The lowest BCUT2D eigenvalue weighted by Crippen LogP contribution is -2.32. The largest absolute Gasteiger partial charge is 0.348 e. The van der Waals surface area contributed by atoms with Gasteiger partial charge in [0.15, 0.2) is 0 Å². The number of aromatic nitrogens is 2. The first-order valence-electron chi connectivity index (χ1n) is 9.54. The summed E-state index contributed by atoms with van der Waals surface area (Å²) in [7, 11) is 2.10. The molecule has 0 fully saturated rings. The maximum atomic E-state index is 12.6. The first-order valence-corrected chi connectivity index (χ1v) is 9.54. The van der Waals surface area contributed by atoms with Crippen molar-refractivity contribution in [1.29, 1.82) is 0 Å². The summed E-state index contributed by atoms with van der Waals surface area (Å²) < 4.78 is 2.03. The van der Waals surface area contributed by atoms with Gasteiger partial charge in [-0.1, -0.05) is 30.3 Å². The van der Waals surface area contributed by atoms with E-state index in [1.165, 1.54) is 5.69 Å². The Morgan fingerprint density at radius 2 is 1.96 bits per heavy atom. The lowest BCUT2D eigenvalue weighted by molar-refractivity contribution is 0.0950. The lowest BCUT2D eigenvalue weighted by atomic mass is 10.0. The van der Waals surface area contributed by atoms with E-state index in [4.69, 9.17) is 5.73 Å². The van der Waals surface area contributed by atoms with Crippen LogP contribution in [0.1, 0.15) is 27.2 Å². The molecule has 6 nitrogen and oxygen atoms in total. The van der Waals surface area contributed by atoms with Crippen molar-refractivity contribution in [1.82, 2.24) is 20.0 Å². The Bertz CT molecular complexity index is 977. The third-order valence-electron chi connectivity index (χ3n) is 5.23. The monoisotopic (exact) mass is 375 g/mol. The van der Waals surface area contributed by atoms with Gasteiger partial charge in [-0.25, -0.2) is 0 Å². The molecule has 0 bridgehead atoms. The van der Waals surface area contributed by atoms with Gasteiger partial charge in [0.1, 0.15) is 0 Å². The van der Waals surface area contributed by atoms with E-state index in [-0.39, 0.29) is 5.91 Å². The third-order valence-corrected chi connectivity index (χ3v) is 5.23. The van der Waals surface area contributed by atoms with Crippen LogP contribution in [0.3, 0.4) is 0 Å². The molecule has 0 saturated carbocycles. The number of fused-ring (bicyclic) bond motifs is 1. The Labute approximate surface area is 165 Å². The highest BCUT2D eigenvalue weighted by Gasteiger charge is 2.18. The highest BCUT2D eigenvalue weighted by Crippen LogP contribution is 2.21. The minimum absolute atomic E-state index is 0.0774. The van der Waals surface area contributed by atoms with Crippen LogP contribution in [-0.4, -0.2) is 34.2 Å². The van der Waals surface area contributed by atoms with Crippen molar-refractivity contribution in [2.75, 3.05) is 13.6 Å². The van der Waals surface area contributed by atoms with Crippen LogP contribution in [0.25, 0.3) is 11.1 Å². The van der Waals surface area contributed by atoms with Gasteiger partial charge < -0.3 is 11.1 Å². The number of likely N-dealkylation sites (N-methyl/N-ethyl adjacent to an activating group) is 1. The topological polar surface area (TPSA) is 76.2 Å². The molecule has 1 aliphatic heterocycles. The lowest BCUT2D eigenvalue weighted by Gasteiger charge is -2.24. The van der Waals surface area contributed by atoms with Crippen molar-refractivity contribution in [3.05, 3.63) is 77.1 Å². The maximum Gasteiger partial charge on any atom is 0.251 e. The van der Waals surface area contributed by atoms with Gasteiger partial charge in [0, 0.05) is 37.3 Å². The summed E-state index contributed by atoms with van der Waals surface area (Å²) in [5, 5.41) is 7.45. The number of nitrogens with zero attached hydrogens (tertiary/aromatic N) is 3. The number of carbonyl (C=O) groups excluding carboxylic acids is 1. The average Bonchev–Trinajstić information content (AvgIpc) is 3.14. The predicted octanol–water partition coefficient (Wildman–Crippen LogP) is 2.38. The van der Waals surface area contributed by atoms with E-state index in [0.29, 0.717) is 18.7 Å². The second-order valence-corrected chi connectivity index (χ2v) is 7.24. The molecule has 2 aromatic carbocycles. The number of hydrogen-bond acceptors (Lipinski definition) is 4. The zero-order valence-electron chi connectivity index (χ0n) is 16.1. The second-order valence-electron chi connectivity index (χ2n) is 7.24. The molecule has 0 radical (unpaired) electrons. The normalized spacial score (nSPS) is 13.9. The number of nitrogens with one attached hydrogen (secondary N) is 1. The molecule has 0 spiro atoms. The fourth-order valence-electron chi connectivity index (χ4n) is 3.54. The van der Waals surface area contributed by atoms with Gasteiger partial charge in [0.25, 0.3) is 5.91 Å². The Kier molecular flexibility index (Phi) is 5.23. The van der Waals surface area contributed by atoms with Crippen LogP contribution in [0.2, 0.25) is 0 Å². The molecule has 144 valence electrons. The van der Waals surface area contributed by atoms with Crippen LogP contribution in [0.5, 0.6) is 0 Å². The molecule has 1 aliphatic rings. The highest BCUT2D eigenvalue weighted by atomic mass is 16.1. The molecule has 3 N–H and O–H groups in total. The molecule has 0 aliphatic carbocycles. The molecular formula is C22H25N5O. The van der Waals surface area contributed by atoms with Crippen molar-refractivity contribution in [3.63, 3.8) is 0 Å². The van der Waals surface area contributed by atoms with Crippen molar-refractivity contribution >= 4 is 5.91 Å². The number of carbonyl (C=O) groups is 1. The summed E-state index contributed by atoms with van der Waals surface area (Å²) in [4.78, 5) is 14.8. The second kappa shape index (κ2) is 7.96. The molecule has 0 unspecified atom stereocenters. The Morgan fingerprint density at radius 3 is 2.75 bits per heavy atom. The molecule has 28 heavy (non-hydrogen) atoms. The summed E-state index contributed by atoms with van der Waals surface area (Å²) >= 11 is 0. The zero-order chi connectivity index (χ0) is 19.5. The number of nitrogens with two attached hydrogens (primary N) is 1. The first kappa shape index (κ1) is 18.4. The number of rotatable bonds is 5. The number of hydrogen-bond donors (Lipinski definition) is 2. The van der Waals surface area contributed by atoms with E-state index in [0.717, 1.165) is 41.9 Å². The number of amides is 1. The first-order chi connectivity index (χ1) is 13.6. The summed E-state index contributed by atoms with van der Waals surface area (Å²) in [6, 6.07) is 15.8. The molecule has 0 saturated heterocycles. The summed E-state index contributed by atoms with van der Waals surface area (Å²) in [5.41, 5.74) is 11.9. The smallest absolute Gasteiger partial charge is 0.251 e. The van der Waals surface area contributed by atoms with E-state index < -0.39 is 0 Å². The standard InChI is InChI=1S/C22H25N5O/c1-26-9-10-27-21(15-26)20(14-25-27)13-24-22(28)18-7-5-17(6-8-18)19-4-2-3-16(11-19)12-23/h2-8,11,14H,9-10,12-13,15,23H2,1H3,(H,24,28). The van der Waals surface area contributed by atoms with Crippen LogP contribution in [0, 0.1) is 0 Å². The molecule has 4 rings (SSSR count). The minimum atomic E-state index is -0.0774. The fraction of sp³-hybridized carbons (Fsp3) is 0.273. The van der Waals surface area contributed by atoms with Crippen LogP contribution in [0.15, 0.2) is 54.7 Å². The molecule has 2 heterocycles. The summed E-state index contributed by atoms with van der Waals surface area (Å²) in [6.07, 6.45) is 1.86. The Hall–Kier alpha value is -2.96. The molecule has 1 amide bonds. The average molecular weight is 375 g/mol. The highest BCUT2D eigenvalue weighted by molar-refractivity contribution is 5.94.